The monoisotopic (exact) mass is 443 g/mol. The molecule has 1 N–H and O–H groups in total. The van der Waals surface area contributed by atoms with Crippen LogP contribution in [0.3, 0.4) is 0 Å². The average molecular weight is 444 g/mol. The predicted molar refractivity (Wildman–Crippen MR) is 125 cm³/mol. The fourth-order valence-electron chi connectivity index (χ4n) is 4.31. The molecule has 31 heavy (non-hydrogen) atoms. The number of carbonyl (C=O) groups excluding carboxylic acids is 1. The molecule has 2 aromatic carbocycles. The van der Waals surface area contributed by atoms with Gasteiger partial charge >= 0.3 is 0 Å². The molecule has 1 aliphatic rings. The van der Waals surface area contributed by atoms with Crippen molar-refractivity contribution in [3.05, 3.63) is 60.2 Å². The van der Waals surface area contributed by atoms with Crippen molar-refractivity contribution in [2.45, 2.75) is 31.6 Å². The molecular weight excluding hydrogens is 410 g/mol. The Morgan fingerprint density at radius 3 is 2.42 bits per heavy atom. The van der Waals surface area contributed by atoms with Crippen molar-refractivity contribution in [1.29, 1.82) is 0 Å². The van der Waals surface area contributed by atoms with Crippen molar-refractivity contribution < 1.29 is 13.2 Å². The van der Waals surface area contributed by atoms with E-state index in [4.69, 9.17) is 0 Å². The summed E-state index contributed by atoms with van der Waals surface area (Å²) in [6.07, 6.45) is 2.16. The van der Waals surface area contributed by atoms with Gasteiger partial charge in [-0.15, -0.1) is 0 Å². The smallest absolute Gasteiger partial charge is 0.264 e. The highest BCUT2D eigenvalue weighted by Crippen LogP contribution is 2.23. The van der Waals surface area contributed by atoms with Gasteiger partial charge in [0.2, 0.25) is 0 Å². The van der Waals surface area contributed by atoms with Crippen molar-refractivity contribution in [3.8, 4) is 0 Å². The maximum atomic E-state index is 13.0. The number of para-hydroxylation sites is 1. The molecule has 1 heterocycles. The van der Waals surface area contributed by atoms with Gasteiger partial charge in [0.05, 0.1) is 10.6 Å². The molecule has 1 amide bonds. The van der Waals surface area contributed by atoms with E-state index in [1.54, 1.807) is 36.4 Å². The molecule has 7 heteroatoms. The number of hydrogen-bond donors (Lipinski definition) is 1. The Morgan fingerprint density at radius 1 is 1.06 bits per heavy atom. The van der Waals surface area contributed by atoms with Gasteiger partial charge in [-0.2, -0.15) is 0 Å². The third-order valence-corrected chi connectivity index (χ3v) is 7.54. The lowest BCUT2D eigenvalue weighted by Gasteiger charge is -2.34. The van der Waals surface area contributed by atoms with E-state index in [2.05, 4.69) is 24.1 Å². The number of amides is 1. The van der Waals surface area contributed by atoms with E-state index >= 15 is 0 Å². The number of anilines is 1. The topological polar surface area (TPSA) is 69.7 Å². The van der Waals surface area contributed by atoms with Crippen molar-refractivity contribution in [2.75, 3.05) is 37.5 Å². The van der Waals surface area contributed by atoms with E-state index in [9.17, 15) is 13.2 Å². The Kier molecular flexibility index (Phi) is 7.73. The highest BCUT2D eigenvalue weighted by Gasteiger charge is 2.23. The van der Waals surface area contributed by atoms with Gasteiger partial charge in [-0.1, -0.05) is 38.1 Å². The number of nitrogens with zero attached hydrogens (tertiary/aromatic N) is 2. The molecule has 1 saturated heterocycles. The van der Waals surface area contributed by atoms with Crippen LogP contribution in [0, 0.1) is 11.8 Å². The van der Waals surface area contributed by atoms with Gasteiger partial charge in [0.15, 0.2) is 0 Å². The Morgan fingerprint density at radius 2 is 1.74 bits per heavy atom. The first kappa shape index (κ1) is 23.3. The second-order valence-corrected chi connectivity index (χ2v) is 10.6. The summed E-state index contributed by atoms with van der Waals surface area (Å²) in [6.45, 7) is 8.35. The zero-order chi connectivity index (χ0) is 22.4. The molecule has 2 unspecified atom stereocenters. The summed E-state index contributed by atoms with van der Waals surface area (Å²) in [5.41, 5.74) is 0.918. The molecule has 0 aromatic heterocycles. The van der Waals surface area contributed by atoms with Crippen LogP contribution >= 0.6 is 0 Å². The molecule has 168 valence electrons. The largest absolute Gasteiger partial charge is 0.352 e. The number of likely N-dealkylation sites (tertiary alicyclic amines) is 1. The minimum Gasteiger partial charge on any atom is -0.352 e. The van der Waals surface area contributed by atoms with Gasteiger partial charge in [0.25, 0.3) is 15.9 Å². The van der Waals surface area contributed by atoms with E-state index in [0.717, 1.165) is 37.9 Å². The van der Waals surface area contributed by atoms with Crippen LogP contribution in [0.2, 0.25) is 0 Å². The number of hydrogen-bond acceptors (Lipinski definition) is 4. The Hall–Kier alpha value is -2.38. The van der Waals surface area contributed by atoms with Crippen LogP contribution in [-0.4, -0.2) is 52.5 Å². The summed E-state index contributed by atoms with van der Waals surface area (Å²) >= 11 is 0. The Bertz CT molecular complexity index is 969. The van der Waals surface area contributed by atoms with E-state index in [0.29, 0.717) is 17.8 Å². The average Bonchev–Trinajstić information content (AvgIpc) is 2.76. The molecule has 0 spiro atoms. The molecule has 0 aliphatic carbocycles. The molecule has 0 radical (unpaired) electrons. The van der Waals surface area contributed by atoms with Crippen LogP contribution in [0.15, 0.2) is 59.5 Å². The zero-order valence-electron chi connectivity index (χ0n) is 18.6. The summed E-state index contributed by atoms with van der Waals surface area (Å²) in [4.78, 5) is 15.2. The van der Waals surface area contributed by atoms with Crippen molar-refractivity contribution in [1.82, 2.24) is 10.2 Å². The van der Waals surface area contributed by atoms with Gasteiger partial charge in [-0.3, -0.25) is 9.10 Å². The SMILES string of the molecule is CC1CC(C)CN(CCCNC(=O)c2cccc(S(=O)(=O)N(C)c3ccccc3)c2)C1. The van der Waals surface area contributed by atoms with Gasteiger partial charge in [-0.05, 0) is 61.6 Å². The number of nitrogens with one attached hydrogen (secondary N) is 1. The van der Waals surface area contributed by atoms with Crippen LogP contribution in [0.1, 0.15) is 37.0 Å². The predicted octanol–water partition coefficient (Wildman–Crippen LogP) is 3.61. The third-order valence-electron chi connectivity index (χ3n) is 5.76. The Labute approximate surface area is 186 Å². The minimum absolute atomic E-state index is 0.0998. The summed E-state index contributed by atoms with van der Waals surface area (Å²) in [5, 5.41) is 2.93. The lowest BCUT2D eigenvalue weighted by atomic mass is 9.92. The second-order valence-electron chi connectivity index (χ2n) is 8.65. The summed E-state index contributed by atoms with van der Waals surface area (Å²) in [6, 6.07) is 15.1. The number of piperidine rings is 1. The molecule has 1 aliphatic heterocycles. The first-order valence-electron chi connectivity index (χ1n) is 10.9. The van der Waals surface area contributed by atoms with Crippen LogP contribution < -0.4 is 9.62 Å². The van der Waals surface area contributed by atoms with Crippen LogP contribution in [-0.2, 0) is 10.0 Å². The summed E-state index contributed by atoms with van der Waals surface area (Å²) < 4.78 is 27.2. The first-order chi connectivity index (χ1) is 14.8. The normalized spacial score (nSPS) is 19.7. The highest BCUT2D eigenvalue weighted by molar-refractivity contribution is 7.92. The summed E-state index contributed by atoms with van der Waals surface area (Å²) in [7, 11) is -2.24. The number of carbonyl (C=O) groups is 1. The third kappa shape index (κ3) is 6.08. The zero-order valence-corrected chi connectivity index (χ0v) is 19.4. The molecule has 0 bridgehead atoms. The maximum Gasteiger partial charge on any atom is 0.264 e. The lowest BCUT2D eigenvalue weighted by molar-refractivity contribution is 0.0947. The maximum absolute atomic E-state index is 13.0. The van der Waals surface area contributed by atoms with Gasteiger partial charge in [0.1, 0.15) is 0 Å². The summed E-state index contributed by atoms with van der Waals surface area (Å²) in [5.74, 6) is 1.19. The van der Waals surface area contributed by atoms with Crippen molar-refractivity contribution in [2.24, 2.45) is 11.8 Å². The standard InChI is InChI=1S/C24H33N3O3S/c1-19-15-20(2)18-27(17-19)14-8-13-25-24(28)21-9-7-12-23(16-21)31(29,30)26(3)22-10-5-4-6-11-22/h4-7,9-12,16,19-20H,8,13-15,17-18H2,1-3H3,(H,25,28). The van der Waals surface area contributed by atoms with Crippen molar-refractivity contribution >= 4 is 21.6 Å². The van der Waals surface area contributed by atoms with Crippen LogP contribution in [0.25, 0.3) is 0 Å². The first-order valence-corrected chi connectivity index (χ1v) is 12.4. The van der Waals surface area contributed by atoms with Crippen molar-refractivity contribution in [3.63, 3.8) is 0 Å². The van der Waals surface area contributed by atoms with Gasteiger partial charge in [-0.25, -0.2) is 8.42 Å². The molecule has 6 nitrogen and oxygen atoms in total. The lowest BCUT2D eigenvalue weighted by Crippen LogP contribution is -2.40. The second kappa shape index (κ2) is 10.3. The molecule has 2 atom stereocenters. The van der Waals surface area contributed by atoms with E-state index < -0.39 is 10.0 Å². The number of rotatable bonds is 8. The quantitative estimate of drug-likeness (QED) is 0.633. The van der Waals surface area contributed by atoms with E-state index in [1.165, 1.54) is 29.9 Å². The van der Waals surface area contributed by atoms with E-state index in [-0.39, 0.29) is 10.8 Å². The molecule has 1 fully saturated rings. The van der Waals surface area contributed by atoms with Gasteiger partial charge < -0.3 is 10.2 Å². The van der Waals surface area contributed by atoms with Crippen LogP contribution in [0.4, 0.5) is 5.69 Å². The fraction of sp³-hybridized carbons (Fsp3) is 0.458. The van der Waals surface area contributed by atoms with Gasteiger partial charge in [0, 0.05) is 32.2 Å². The minimum atomic E-state index is -3.75. The molecular formula is C24H33N3O3S. The Balaban J connectivity index is 1.57. The molecule has 3 rings (SSSR count). The number of benzene rings is 2. The van der Waals surface area contributed by atoms with E-state index in [1.807, 2.05) is 6.07 Å². The highest BCUT2D eigenvalue weighted by atomic mass is 32.2. The fourth-order valence-corrected chi connectivity index (χ4v) is 5.56. The van der Waals surface area contributed by atoms with Crippen LogP contribution in [0.5, 0.6) is 0 Å². The molecule has 2 aromatic rings. The molecule has 0 saturated carbocycles. The number of sulfonamides is 1.